The van der Waals surface area contributed by atoms with Gasteiger partial charge in [-0.3, -0.25) is 0 Å². The molecule has 0 aromatic rings. The van der Waals surface area contributed by atoms with E-state index in [0.717, 1.165) is 0 Å². The van der Waals surface area contributed by atoms with Crippen LogP contribution in [0.5, 0.6) is 0 Å². The molecule has 3 aliphatic heterocycles. The summed E-state index contributed by atoms with van der Waals surface area (Å²) in [5, 5.41) is 72.0. The Morgan fingerprint density at radius 2 is 1.15 bits per heavy atom. The molecule has 17 N–H and O–H groups in total. The second-order valence-electron chi connectivity index (χ2n) is 11.1. The molecule has 0 unspecified atom stereocenters. The molecule has 41 heavy (non-hydrogen) atoms. The number of hydrogen-bond acceptors (Lipinski definition) is 18. The highest BCUT2D eigenvalue weighted by atomic mass is 16.8. The standard InChI is InChI=1S/C23H45N5O13/c24-3-10-15(33)16(34)13(28)22(36-10)40-19-12(5-30)38-23(17(19)35)41-20-14(32)6(25)1-7(26)18(20)39-21-8(27)2-9(31)11(4-29)37-21/h6-23,29-35H,1-5,24-28H2/t6-,7+,8+,9-,10+,11-,12+,13+,14+,15+,16-,17+,18+,19+,20-,21+,22+,23+/m1/s1. The lowest BCUT2D eigenvalue weighted by molar-refractivity contribution is -0.298. The van der Waals surface area contributed by atoms with E-state index in [0.29, 0.717) is 0 Å². The minimum atomic E-state index is -1.58. The Labute approximate surface area is 236 Å². The van der Waals surface area contributed by atoms with Crippen LogP contribution in [0.1, 0.15) is 12.8 Å². The number of ether oxygens (including phenoxy) is 6. The van der Waals surface area contributed by atoms with Crippen molar-refractivity contribution in [3.8, 4) is 0 Å². The van der Waals surface area contributed by atoms with Crippen LogP contribution in [-0.2, 0) is 28.4 Å². The molecule has 4 rings (SSSR count). The van der Waals surface area contributed by atoms with Crippen molar-refractivity contribution < 1.29 is 64.2 Å². The molecule has 0 radical (unpaired) electrons. The Balaban J connectivity index is 1.48. The first-order chi connectivity index (χ1) is 19.4. The fourth-order valence-corrected chi connectivity index (χ4v) is 5.68. The third-order valence-electron chi connectivity index (χ3n) is 8.17. The highest BCUT2D eigenvalue weighted by Gasteiger charge is 2.53. The molecule has 4 fully saturated rings. The molecule has 3 saturated heterocycles. The van der Waals surface area contributed by atoms with Crippen LogP contribution in [0.15, 0.2) is 0 Å². The average Bonchev–Trinajstić information content (AvgIpc) is 3.24. The quantitative estimate of drug-likeness (QED) is 0.117. The average molecular weight is 600 g/mol. The van der Waals surface area contributed by atoms with Gasteiger partial charge in [-0.05, 0) is 12.8 Å². The van der Waals surface area contributed by atoms with Gasteiger partial charge in [-0.15, -0.1) is 0 Å². The third-order valence-corrected chi connectivity index (χ3v) is 8.17. The van der Waals surface area contributed by atoms with Crippen molar-refractivity contribution in [2.45, 2.75) is 123 Å². The lowest BCUT2D eigenvalue weighted by Gasteiger charge is -2.46. The predicted octanol–water partition coefficient (Wildman–Crippen LogP) is -7.83. The van der Waals surface area contributed by atoms with Crippen molar-refractivity contribution >= 4 is 0 Å². The Morgan fingerprint density at radius 3 is 1.78 bits per heavy atom. The fourth-order valence-electron chi connectivity index (χ4n) is 5.68. The first kappa shape index (κ1) is 33.2. The second kappa shape index (κ2) is 13.9. The van der Waals surface area contributed by atoms with Crippen LogP contribution in [-0.4, -0.2) is 166 Å². The van der Waals surface area contributed by atoms with Crippen molar-refractivity contribution in [3.63, 3.8) is 0 Å². The summed E-state index contributed by atoms with van der Waals surface area (Å²) in [5.74, 6) is 0. The Hall–Kier alpha value is -0.720. The summed E-state index contributed by atoms with van der Waals surface area (Å²) in [6.45, 7) is -1.27. The first-order valence-electron chi connectivity index (χ1n) is 13.7. The molecule has 1 saturated carbocycles. The van der Waals surface area contributed by atoms with E-state index in [1.807, 2.05) is 0 Å². The van der Waals surface area contributed by atoms with Gasteiger partial charge in [0.1, 0.15) is 54.9 Å². The Morgan fingerprint density at radius 1 is 0.561 bits per heavy atom. The summed E-state index contributed by atoms with van der Waals surface area (Å²) in [6.07, 6.45) is -17.3. The second-order valence-corrected chi connectivity index (χ2v) is 11.1. The van der Waals surface area contributed by atoms with E-state index >= 15 is 0 Å². The van der Waals surface area contributed by atoms with E-state index in [4.69, 9.17) is 57.1 Å². The van der Waals surface area contributed by atoms with Gasteiger partial charge in [-0.2, -0.15) is 0 Å². The van der Waals surface area contributed by atoms with Gasteiger partial charge in [0.15, 0.2) is 18.9 Å². The van der Waals surface area contributed by atoms with Crippen molar-refractivity contribution in [2.24, 2.45) is 28.7 Å². The van der Waals surface area contributed by atoms with Crippen LogP contribution < -0.4 is 28.7 Å². The summed E-state index contributed by atoms with van der Waals surface area (Å²) in [4.78, 5) is 0. The minimum Gasteiger partial charge on any atom is -0.394 e. The normalized spacial score (nSPS) is 53.0. The molecule has 18 atom stereocenters. The largest absolute Gasteiger partial charge is 0.394 e. The first-order valence-corrected chi connectivity index (χ1v) is 13.7. The molecular formula is C23H45N5O13. The van der Waals surface area contributed by atoms with Crippen LogP contribution in [0.3, 0.4) is 0 Å². The predicted molar refractivity (Wildman–Crippen MR) is 135 cm³/mol. The summed E-state index contributed by atoms with van der Waals surface area (Å²) >= 11 is 0. The molecule has 0 aromatic carbocycles. The Bertz CT molecular complexity index is 837. The van der Waals surface area contributed by atoms with Crippen molar-refractivity contribution in [3.05, 3.63) is 0 Å². The van der Waals surface area contributed by atoms with E-state index < -0.39 is 123 Å². The van der Waals surface area contributed by atoms with Gasteiger partial charge in [0.25, 0.3) is 0 Å². The van der Waals surface area contributed by atoms with Gasteiger partial charge in [0, 0.05) is 18.6 Å². The number of aliphatic hydroxyl groups excluding tert-OH is 7. The zero-order chi connectivity index (χ0) is 30.2. The molecule has 4 aliphatic rings. The van der Waals surface area contributed by atoms with Crippen molar-refractivity contribution in [1.82, 2.24) is 0 Å². The summed E-state index contributed by atoms with van der Waals surface area (Å²) in [7, 11) is 0. The number of rotatable bonds is 9. The summed E-state index contributed by atoms with van der Waals surface area (Å²) < 4.78 is 34.7. The van der Waals surface area contributed by atoms with Crippen LogP contribution >= 0.6 is 0 Å². The van der Waals surface area contributed by atoms with E-state index in [1.54, 1.807) is 0 Å². The minimum absolute atomic E-state index is 0.0647. The van der Waals surface area contributed by atoms with E-state index in [-0.39, 0.29) is 19.4 Å². The van der Waals surface area contributed by atoms with Crippen LogP contribution in [0, 0.1) is 0 Å². The van der Waals surface area contributed by atoms with Crippen LogP contribution in [0.2, 0.25) is 0 Å². The fraction of sp³-hybridized carbons (Fsp3) is 1.00. The maximum Gasteiger partial charge on any atom is 0.187 e. The smallest absolute Gasteiger partial charge is 0.187 e. The van der Waals surface area contributed by atoms with Crippen LogP contribution in [0.25, 0.3) is 0 Å². The zero-order valence-electron chi connectivity index (χ0n) is 22.4. The SMILES string of the molecule is NC[C@@H]1O[C@@H](O[C@@H]2[C@H](O)[C@H](O[C@@H]3[C@@H](O)[C@H](N)C[C@H](N)[C@@H]3O[C@@H]3O[C@H](CO)[C@H](O)C[C@@H]3N)O[C@H]2CO)[C@@H](N)[C@@H](O)[C@H]1O. The molecule has 3 heterocycles. The molecule has 240 valence electrons. The maximum absolute atomic E-state index is 11.1. The highest BCUT2D eigenvalue weighted by Crippen LogP contribution is 2.34. The molecule has 0 amide bonds. The number of hydrogen-bond donors (Lipinski definition) is 12. The molecule has 0 spiro atoms. The lowest BCUT2D eigenvalue weighted by Crippen LogP contribution is -2.66. The maximum atomic E-state index is 11.1. The molecule has 0 bridgehead atoms. The third kappa shape index (κ3) is 6.85. The van der Waals surface area contributed by atoms with Gasteiger partial charge in [0.2, 0.25) is 0 Å². The summed E-state index contributed by atoms with van der Waals surface area (Å²) in [5.41, 5.74) is 30.1. The molecule has 0 aromatic heterocycles. The van der Waals surface area contributed by atoms with E-state index in [2.05, 4.69) is 0 Å². The monoisotopic (exact) mass is 599 g/mol. The van der Waals surface area contributed by atoms with Gasteiger partial charge >= 0.3 is 0 Å². The number of aliphatic hydroxyl groups is 7. The van der Waals surface area contributed by atoms with E-state index in [9.17, 15) is 35.7 Å². The van der Waals surface area contributed by atoms with Gasteiger partial charge < -0.3 is 92.8 Å². The summed E-state index contributed by atoms with van der Waals surface area (Å²) in [6, 6.07) is -3.65. The molecule has 1 aliphatic carbocycles. The molecule has 18 heteroatoms. The van der Waals surface area contributed by atoms with Gasteiger partial charge in [-0.25, -0.2) is 0 Å². The molecule has 18 nitrogen and oxygen atoms in total. The van der Waals surface area contributed by atoms with Crippen LogP contribution in [0.4, 0.5) is 0 Å². The highest BCUT2D eigenvalue weighted by molar-refractivity contribution is 5.01. The molecular weight excluding hydrogens is 554 g/mol. The Kier molecular flexibility index (Phi) is 11.3. The van der Waals surface area contributed by atoms with Crippen molar-refractivity contribution in [1.29, 1.82) is 0 Å². The zero-order valence-corrected chi connectivity index (χ0v) is 22.4. The van der Waals surface area contributed by atoms with Crippen molar-refractivity contribution in [2.75, 3.05) is 19.8 Å². The van der Waals surface area contributed by atoms with E-state index in [1.165, 1.54) is 0 Å². The van der Waals surface area contributed by atoms with Gasteiger partial charge in [0.05, 0.1) is 37.5 Å². The topological polar surface area (TPSA) is 327 Å². The number of nitrogens with two attached hydrogens (primary N) is 5. The van der Waals surface area contributed by atoms with Gasteiger partial charge in [-0.1, -0.05) is 0 Å². The lowest BCUT2D eigenvalue weighted by atomic mass is 9.84.